The summed E-state index contributed by atoms with van der Waals surface area (Å²) in [4.78, 5) is 4.37. The van der Waals surface area contributed by atoms with E-state index in [-0.39, 0.29) is 0 Å². The van der Waals surface area contributed by atoms with Gasteiger partial charge >= 0.3 is 0 Å². The van der Waals surface area contributed by atoms with Crippen LogP contribution in [0, 0.1) is 0 Å². The van der Waals surface area contributed by atoms with Crippen molar-refractivity contribution in [3.8, 4) is 0 Å². The summed E-state index contributed by atoms with van der Waals surface area (Å²) in [5.41, 5.74) is 2.53. The molecule has 1 rings (SSSR count). The van der Waals surface area contributed by atoms with Crippen LogP contribution in [-0.2, 0) is 0 Å². The zero-order valence-corrected chi connectivity index (χ0v) is 9.61. The summed E-state index contributed by atoms with van der Waals surface area (Å²) in [7, 11) is 0. The summed E-state index contributed by atoms with van der Waals surface area (Å²) < 4.78 is 0. The minimum atomic E-state index is 0.413. The van der Waals surface area contributed by atoms with E-state index in [1.54, 1.807) is 0 Å². The van der Waals surface area contributed by atoms with E-state index in [0.717, 1.165) is 18.5 Å². The van der Waals surface area contributed by atoms with E-state index in [1.165, 1.54) is 5.57 Å². The van der Waals surface area contributed by atoms with Gasteiger partial charge in [0.1, 0.15) is 0 Å². The Balaban J connectivity index is 2.64. The van der Waals surface area contributed by atoms with E-state index in [1.807, 2.05) is 24.4 Å². The van der Waals surface area contributed by atoms with Crippen LogP contribution in [0.5, 0.6) is 0 Å². The van der Waals surface area contributed by atoms with Crippen molar-refractivity contribution in [1.29, 1.82) is 0 Å². The fourth-order valence-electron chi connectivity index (χ4n) is 1.47. The molecule has 0 saturated carbocycles. The Morgan fingerprint density at radius 3 is 2.87 bits per heavy atom. The van der Waals surface area contributed by atoms with Crippen LogP contribution < -0.4 is 0 Å². The highest BCUT2D eigenvalue weighted by Gasteiger charge is 2.07. The maximum atomic E-state index is 4.37. The molecule has 0 aliphatic carbocycles. The molecular formula is C14H19N. The molecule has 0 radical (unpaired) electrons. The molecule has 0 saturated heterocycles. The Kier molecular flexibility index (Phi) is 4.82. The van der Waals surface area contributed by atoms with Crippen LogP contribution in [0.1, 0.15) is 38.3 Å². The maximum Gasteiger partial charge on any atom is 0.0472 e. The van der Waals surface area contributed by atoms with Gasteiger partial charge in [-0.25, -0.2) is 0 Å². The van der Waals surface area contributed by atoms with Crippen molar-refractivity contribution in [1.82, 2.24) is 4.98 Å². The van der Waals surface area contributed by atoms with Crippen LogP contribution >= 0.6 is 0 Å². The molecule has 1 aromatic heterocycles. The zero-order valence-electron chi connectivity index (χ0n) is 9.61. The van der Waals surface area contributed by atoms with Gasteiger partial charge in [-0.1, -0.05) is 30.7 Å². The topological polar surface area (TPSA) is 12.9 Å². The van der Waals surface area contributed by atoms with Crippen molar-refractivity contribution in [2.45, 2.75) is 32.6 Å². The van der Waals surface area contributed by atoms with Gasteiger partial charge in [0.2, 0.25) is 0 Å². The SMILES string of the molecule is C=CCC/C=C(\C)C(C)c1ccccn1. The summed E-state index contributed by atoms with van der Waals surface area (Å²) in [5.74, 6) is 0.413. The molecule has 15 heavy (non-hydrogen) atoms. The summed E-state index contributed by atoms with van der Waals surface area (Å²) in [5, 5.41) is 0. The molecule has 0 N–H and O–H groups in total. The number of pyridine rings is 1. The molecule has 80 valence electrons. The minimum absolute atomic E-state index is 0.413. The Morgan fingerprint density at radius 1 is 1.47 bits per heavy atom. The largest absolute Gasteiger partial charge is 0.261 e. The number of hydrogen-bond donors (Lipinski definition) is 0. The molecule has 0 spiro atoms. The average Bonchev–Trinajstić information content (AvgIpc) is 2.29. The van der Waals surface area contributed by atoms with Gasteiger partial charge in [-0.3, -0.25) is 4.98 Å². The van der Waals surface area contributed by atoms with Crippen LogP contribution in [0.3, 0.4) is 0 Å². The Hall–Kier alpha value is -1.37. The van der Waals surface area contributed by atoms with Gasteiger partial charge in [0, 0.05) is 17.8 Å². The van der Waals surface area contributed by atoms with Gasteiger partial charge in [0.25, 0.3) is 0 Å². The third-order valence-electron chi connectivity index (χ3n) is 2.65. The van der Waals surface area contributed by atoms with E-state index < -0.39 is 0 Å². The average molecular weight is 201 g/mol. The lowest BCUT2D eigenvalue weighted by Gasteiger charge is -2.11. The van der Waals surface area contributed by atoms with Crippen LogP contribution in [0.4, 0.5) is 0 Å². The molecule has 1 aromatic rings. The molecule has 1 heteroatoms. The lowest BCUT2D eigenvalue weighted by atomic mass is 9.97. The third-order valence-corrected chi connectivity index (χ3v) is 2.65. The summed E-state index contributed by atoms with van der Waals surface area (Å²) in [6.07, 6.45) is 8.21. The molecule has 0 aliphatic heterocycles. The minimum Gasteiger partial charge on any atom is -0.261 e. The molecule has 1 atom stereocenters. The smallest absolute Gasteiger partial charge is 0.0472 e. The summed E-state index contributed by atoms with van der Waals surface area (Å²) >= 11 is 0. The summed E-state index contributed by atoms with van der Waals surface area (Å²) in [6, 6.07) is 6.07. The second-order valence-corrected chi connectivity index (χ2v) is 3.79. The molecule has 1 heterocycles. The Bertz CT molecular complexity index is 324. The lowest BCUT2D eigenvalue weighted by molar-refractivity contribution is 0.835. The predicted octanol–water partition coefficient (Wildman–Crippen LogP) is 4.10. The number of rotatable bonds is 5. The lowest BCUT2D eigenvalue weighted by Crippen LogP contribution is -1.97. The van der Waals surface area contributed by atoms with Crippen LogP contribution in [-0.4, -0.2) is 4.98 Å². The summed E-state index contributed by atoms with van der Waals surface area (Å²) in [6.45, 7) is 8.08. The van der Waals surface area contributed by atoms with Crippen LogP contribution in [0.2, 0.25) is 0 Å². The van der Waals surface area contributed by atoms with E-state index in [9.17, 15) is 0 Å². The van der Waals surface area contributed by atoms with Crippen LogP contribution in [0.15, 0.2) is 48.7 Å². The van der Waals surface area contributed by atoms with Gasteiger partial charge in [-0.15, -0.1) is 6.58 Å². The highest BCUT2D eigenvalue weighted by Crippen LogP contribution is 2.21. The molecule has 0 fully saturated rings. The van der Waals surface area contributed by atoms with Crippen molar-refractivity contribution < 1.29 is 0 Å². The molecule has 1 nitrogen and oxygen atoms in total. The first kappa shape index (κ1) is 11.7. The second-order valence-electron chi connectivity index (χ2n) is 3.79. The van der Waals surface area contributed by atoms with E-state index in [2.05, 4.69) is 37.6 Å². The molecule has 0 amide bonds. The monoisotopic (exact) mass is 201 g/mol. The molecule has 0 aromatic carbocycles. The first-order valence-corrected chi connectivity index (χ1v) is 5.44. The quantitative estimate of drug-likeness (QED) is 0.516. The van der Waals surface area contributed by atoms with Crippen molar-refractivity contribution in [3.63, 3.8) is 0 Å². The van der Waals surface area contributed by atoms with Crippen LogP contribution in [0.25, 0.3) is 0 Å². The number of allylic oxidation sites excluding steroid dienone is 3. The third kappa shape index (κ3) is 3.70. The van der Waals surface area contributed by atoms with Crippen molar-refractivity contribution in [2.24, 2.45) is 0 Å². The first-order valence-electron chi connectivity index (χ1n) is 5.44. The van der Waals surface area contributed by atoms with Gasteiger partial charge in [0.05, 0.1) is 0 Å². The van der Waals surface area contributed by atoms with Gasteiger partial charge in [-0.05, 0) is 31.9 Å². The van der Waals surface area contributed by atoms with E-state index in [0.29, 0.717) is 5.92 Å². The fourth-order valence-corrected chi connectivity index (χ4v) is 1.47. The van der Waals surface area contributed by atoms with E-state index >= 15 is 0 Å². The molecular weight excluding hydrogens is 182 g/mol. The molecule has 1 unspecified atom stereocenters. The van der Waals surface area contributed by atoms with Gasteiger partial charge < -0.3 is 0 Å². The van der Waals surface area contributed by atoms with Gasteiger partial charge in [0.15, 0.2) is 0 Å². The van der Waals surface area contributed by atoms with E-state index in [4.69, 9.17) is 0 Å². The van der Waals surface area contributed by atoms with Crippen molar-refractivity contribution in [3.05, 3.63) is 54.4 Å². The number of hydrogen-bond acceptors (Lipinski definition) is 1. The highest BCUT2D eigenvalue weighted by atomic mass is 14.7. The molecule has 0 aliphatic rings. The number of unbranched alkanes of at least 4 members (excludes halogenated alkanes) is 1. The predicted molar refractivity (Wildman–Crippen MR) is 65.8 cm³/mol. The number of nitrogens with zero attached hydrogens (tertiary/aromatic N) is 1. The Morgan fingerprint density at radius 2 is 2.27 bits per heavy atom. The first-order chi connectivity index (χ1) is 7.25. The van der Waals surface area contributed by atoms with Crippen molar-refractivity contribution >= 4 is 0 Å². The number of aromatic nitrogens is 1. The zero-order chi connectivity index (χ0) is 11.1. The fraction of sp³-hybridized carbons (Fsp3) is 0.357. The second kappa shape index (κ2) is 6.18. The standard InChI is InChI=1S/C14H19N/c1-4-5-6-9-12(2)13(3)14-10-7-8-11-15-14/h4,7-11,13H,1,5-6H2,2-3H3/b12-9+. The molecule has 0 bridgehead atoms. The highest BCUT2D eigenvalue weighted by molar-refractivity contribution is 5.20. The Labute approximate surface area is 92.6 Å². The van der Waals surface area contributed by atoms with Gasteiger partial charge in [-0.2, -0.15) is 0 Å². The normalized spacial score (nSPS) is 13.6. The maximum absolute atomic E-state index is 4.37. The van der Waals surface area contributed by atoms with Crippen molar-refractivity contribution in [2.75, 3.05) is 0 Å².